The standard InChI is InChI=1S/C16H18N4O4/c1-11(2)20(14(21)6-7-15(22)23-3)10-13-18-16(19-24-13)12-5-4-8-17-9-12/h4-9,11H,10H2,1-3H3/b7-6+. The molecule has 2 aromatic heterocycles. The maximum atomic E-state index is 12.2. The number of aromatic nitrogens is 3. The SMILES string of the molecule is COC(=O)/C=C/C(=O)N(Cc1nc(-c2cccnc2)no1)C(C)C. The van der Waals surface area contributed by atoms with Crippen molar-refractivity contribution in [2.45, 2.75) is 26.4 Å². The van der Waals surface area contributed by atoms with Gasteiger partial charge in [-0.1, -0.05) is 5.16 Å². The number of hydrogen-bond acceptors (Lipinski definition) is 7. The largest absolute Gasteiger partial charge is 0.466 e. The number of esters is 1. The van der Waals surface area contributed by atoms with E-state index >= 15 is 0 Å². The summed E-state index contributed by atoms with van der Waals surface area (Å²) >= 11 is 0. The number of pyridine rings is 1. The van der Waals surface area contributed by atoms with Gasteiger partial charge in [0.2, 0.25) is 17.6 Å². The lowest BCUT2D eigenvalue weighted by Gasteiger charge is -2.23. The summed E-state index contributed by atoms with van der Waals surface area (Å²) in [5.74, 6) is -0.248. The van der Waals surface area contributed by atoms with Crippen molar-refractivity contribution in [1.82, 2.24) is 20.0 Å². The van der Waals surface area contributed by atoms with Gasteiger partial charge in [0.1, 0.15) is 6.54 Å². The molecule has 0 radical (unpaired) electrons. The van der Waals surface area contributed by atoms with E-state index in [9.17, 15) is 9.59 Å². The lowest BCUT2D eigenvalue weighted by Crippen LogP contribution is -2.35. The molecule has 0 fully saturated rings. The Morgan fingerprint density at radius 3 is 2.79 bits per heavy atom. The van der Waals surface area contributed by atoms with E-state index in [1.54, 1.807) is 18.5 Å². The van der Waals surface area contributed by atoms with E-state index in [1.165, 1.54) is 12.0 Å². The number of hydrogen-bond donors (Lipinski definition) is 0. The van der Waals surface area contributed by atoms with E-state index in [2.05, 4.69) is 19.9 Å². The van der Waals surface area contributed by atoms with Gasteiger partial charge in [0, 0.05) is 36.2 Å². The van der Waals surface area contributed by atoms with Crippen LogP contribution in [-0.2, 0) is 20.9 Å². The maximum absolute atomic E-state index is 12.2. The molecule has 2 rings (SSSR count). The number of carbonyl (C=O) groups is 2. The Kier molecular flexibility index (Phi) is 5.78. The van der Waals surface area contributed by atoms with Gasteiger partial charge >= 0.3 is 5.97 Å². The topological polar surface area (TPSA) is 98.4 Å². The fourth-order valence-electron chi connectivity index (χ4n) is 1.90. The molecule has 0 bridgehead atoms. The van der Waals surface area contributed by atoms with Crippen molar-refractivity contribution in [3.63, 3.8) is 0 Å². The van der Waals surface area contributed by atoms with Crippen LogP contribution in [0.15, 0.2) is 41.2 Å². The third kappa shape index (κ3) is 4.48. The first-order chi connectivity index (χ1) is 11.5. The first-order valence-electron chi connectivity index (χ1n) is 7.31. The molecule has 0 aliphatic carbocycles. The molecule has 0 aliphatic rings. The maximum Gasteiger partial charge on any atom is 0.330 e. The Bertz CT molecular complexity index is 725. The van der Waals surface area contributed by atoms with E-state index in [0.29, 0.717) is 11.7 Å². The number of methoxy groups -OCH3 is 1. The zero-order chi connectivity index (χ0) is 17.5. The normalized spacial score (nSPS) is 11.0. The highest BCUT2D eigenvalue weighted by Crippen LogP contribution is 2.15. The van der Waals surface area contributed by atoms with Gasteiger partial charge in [-0.25, -0.2) is 4.79 Å². The lowest BCUT2D eigenvalue weighted by atomic mass is 10.3. The number of ether oxygens (including phenoxy) is 1. The van der Waals surface area contributed by atoms with Crippen LogP contribution in [0.25, 0.3) is 11.4 Å². The van der Waals surface area contributed by atoms with Crippen molar-refractivity contribution >= 4 is 11.9 Å². The molecule has 126 valence electrons. The van der Waals surface area contributed by atoms with Crippen LogP contribution < -0.4 is 0 Å². The molecule has 0 aliphatic heterocycles. The molecule has 2 heterocycles. The average Bonchev–Trinajstić information content (AvgIpc) is 3.06. The van der Waals surface area contributed by atoms with Crippen molar-refractivity contribution < 1.29 is 18.8 Å². The van der Waals surface area contributed by atoms with Gasteiger partial charge in [-0.15, -0.1) is 0 Å². The van der Waals surface area contributed by atoms with Crippen LogP contribution in [-0.4, -0.2) is 45.1 Å². The third-order valence-electron chi connectivity index (χ3n) is 3.16. The Hall–Kier alpha value is -3.03. The molecule has 0 unspecified atom stereocenters. The van der Waals surface area contributed by atoms with E-state index in [0.717, 1.165) is 17.7 Å². The molecular formula is C16H18N4O4. The van der Waals surface area contributed by atoms with E-state index in [4.69, 9.17) is 4.52 Å². The summed E-state index contributed by atoms with van der Waals surface area (Å²) in [7, 11) is 1.25. The minimum Gasteiger partial charge on any atom is -0.466 e. The van der Waals surface area contributed by atoms with Crippen LogP contribution >= 0.6 is 0 Å². The summed E-state index contributed by atoms with van der Waals surface area (Å²) in [5, 5.41) is 3.89. The minimum atomic E-state index is -0.594. The zero-order valence-electron chi connectivity index (χ0n) is 13.7. The first kappa shape index (κ1) is 17.3. The molecular weight excluding hydrogens is 312 g/mol. The number of amides is 1. The Morgan fingerprint density at radius 1 is 1.38 bits per heavy atom. The number of nitrogens with zero attached hydrogens (tertiary/aromatic N) is 4. The molecule has 0 spiro atoms. The van der Waals surface area contributed by atoms with Crippen molar-refractivity contribution in [1.29, 1.82) is 0 Å². The Labute approximate surface area is 139 Å². The van der Waals surface area contributed by atoms with Crippen LogP contribution in [0, 0.1) is 0 Å². The summed E-state index contributed by atoms with van der Waals surface area (Å²) in [6.07, 6.45) is 5.51. The van der Waals surface area contributed by atoms with Gasteiger partial charge < -0.3 is 14.2 Å². The van der Waals surface area contributed by atoms with Crippen molar-refractivity contribution in [2.75, 3.05) is 7.11 Å². The highest BCUT2D eigenvalue weighted by atomic mass is 16.5. The molecule has 0 aromatic carbocycles. The fraction of sp³-hybridized carbons (Fsp3) is 0.312. The van der Waals surface area contributed by atoms with Gasteiger partial charge in [0.15, 0.2) is 0 Å². The molecule has 2 aromatic rings. The average molecular weight is 330 g/mol. The molecule has 24 heavy (non-hydrogen) atoms. The van der Waals surface area contributed by atoms with Gasteiger partial charge in [-0.2, -0.15) is 4.98 Å². The summed E-state index contributed by atoms with van der Waals surface area (Å²) in [6, 6.07) is 3.47. The second kappa shape index (κ2) is 8.00. The summed E-state index contributed by atoms with van der Waals surface area (Å²) in [4.78, 5) is 33.1. The molecule has 8 nitrogen and oxygen atoms in total. The van der Waals surface area contributed by atoms with E-state index in [1.807, 2.05) is 19.9 Å². The fourth-order valence-corrected chi connectivity index (χ4v) is 1.90. The molecule has 0 saturated heterocycles. The second-order valence-electron chi connectivity index (χ2n) is 5.17. The highest BCUT2D eigenvalue weighted by Gasteiger charge is 2.19. The van der Waals surface area contributed by atoms with Crippen molar-refractivity contribution in [3.8, 4) is 11.4 Å². The van der Waals surface area contributed by atoms with Crippen molar-refractivity contribution in [3.05, 3.63) is 42.6 Å². The van der Waals surface area contributed by atoms with Crippen LogP contribution in [0.3, 0.4) is 0 Å². The second-order valence-corrected chi connectivity index (χ2v) is 5.17. The first-order valence-corrected chi connectivity index (χ1v) is 7.31. The predicted molar refractivity (Wildman–Crippen MR) is 84.4 cm³/mol. The van der Waals surface area contributed by atoms with Crippen LogP contribution in [0.1, 0.15) is 19.7 Å². The van der Waals surface area contributed by atoms with Crippen LogP contribution in [0.2, 0.25) is 0 Å². The Balaban J connectivity index is 2.11. The molecule has 1 amide bonds. The van der Waals surface area contributed by atoms with Gasteiger partial charge in [-0.05, 0) is 26.0 Å². The van der Waals surface area contributed by atoms with Gasteiger partial charge in [-0.3, -0.25) is 9.78 Å². The lowest BCUT2D eigenvalue weighted by molar-refractivity contribution is -0.135. The summed E-state index contributed by atoms with van der Waals surface area (Å²) in [5.41, 5.74) is 0.723. The predicted octanol–water partition coefficient (Wildman–Crippen LogP) is 1.60. The van der Waals surface area contributed by atoms with E-state index in [-0.39, 0.29) is 18.5 Å². The van der Waals surface area contributed by atoms with Crippen LogP contribution in [0.5, 0.6) is 0 Å². The number of carbonyl (C=O) groups excluding carboxylic acids is 2. The van der Waals surface area contributed by atoms with Gasteiger partial charge in [0.05, 0.1) is 7.11 Å². The third-order valence-corrected chi connectivity index (χ3v) is 3.16. The molecule has 0 N–H and O–H groups in total. The van der Waals surface area contributed by atoms with E-state index < -0.39 is 5.97 Å². The number of rotatable bonds is 6. The molecule has 8 heteroatoms. The molecule has 0 saturated carbocycles. The molecule has 0 atom stereocenters. The van der Waals surface area contributed by atoms with Crippen molar-refractivity contribution in [2.24, 2.45) is 0 Å². The quantitative estimate of drug-likeness (QED) is 0.586. The summed E-state index contributed by atoms with van der Waals surface area (Å²) in [6.45, 7) is 3.83. The smallest absolute Gasteiger partial charge is 0.330 e. The zero-order valence-corrected chi connectivity index (χ0v) is 13.7. The summed E-state index contributed by atoms with van der Waals surface area (Å²) < 4.78 is 9.67. The Morgan fingerprint density at radius 2 is 2.17 bits per heavy atom. The minimum absolute atomic E-state index is 0.117. The van der Waals surface area contributed by atoms with Gasteiger partial charge in [0.25, 0.3) is 0 Å². The monoisotopic (exact) mass is 330 g/mol. The van der Waals surface area contributed by atoms with Crippen LogP contribution in [0.4, 0.5) is 0 Å². The highest BCUT2D eigenvalue weighted by molar-refractivity contribution is 5.94.